The summed E-state index contributed by atoms with van der Waals surface area (Å²) in [6.07, 6.45) is 0. The molecule has 0 radical (unpaired) electrons. The van der Waals surface area contributed by atoms with Crippen LogP contribution in [-0.4, -0.2) is 32.3 Å². The van der Waals surface area contributed by atoms with Gasteiger partial charge in [0.25, 0.3) is 5.78 Å². The van der Waals surface area contributed by atoms with E-state index in [0.29, 0.717) is 0 Å². The van der Waals surface area contributed by atoms with Crippen molar-refractivity contribution in [2.45, 2.75) is 6.92 Å². The van der Waals surface area contributed by atoms with E-state index >= 15 is 0 Å². The molecule has 19 heavy (non-hydrogen) atoms. The first kappa shape index (κ1) is 13.1. The van der Waals surface area contributed by atoms with Gasteiger partial charge in [-0.25, -0.2) is 9.18 Å². The lowest BCUT2D eigenvalue weighted by atomic mass is 10.1. The van der Waals surface area contributed by atoms with Crippen molar-refractivity contribution in [2.75, 3.05) is 20.5 Å². The molecule has 0 bridgehead atoms. The average molecular weight is 270 g/mol. The first-order valence-corrected chi connectivity index (χ1v) is 5.47. The molecule has 0 amide bonds. The van der Waals surface area contributed by atoms with E-state index in [2.05, 4.69) is 4.74 Å². The molecule has 0 N–H and O–H groups in total. The van der Waals surface area contributed by atoms with Crippen LogP contribution in [0, 0.1) is 5.82 Å². The molecular formula is C12H11FO6. The fourth-order valence-electron chi connectivity index (χ4n) is 1.70. The SMILES string of the molecule is CCOC(=O)C(=O)c1c(OC)c(F)cc2c1OCO2. The normalized spacial score (nSPS) is 12.2. The highest BCUT2D eigenvalue weighted by Gasteiger charge is 2.33. The summed E-state index contributed by atoms with van der Waals surface area (Å²) in [4.78, 5) is 23.4. The van der Waals surface area contributed by atoms with Crippen molar-refractivity contribution in [3.05, 3.63) is 17.4 Å². The smallest absolute Gasteiger partial charge is 0.379 e. The van der Waals surface area contributed by atoms with E-state index in [1.54, 1.807) is 6.92 Å². The minimum Gasteiger partial charge on any atom is -0.493 e. The number of rotatable bonds is 4. The number of benzene rings is 1. The van der Waals surface area contributed by atoms with Crippen LogP contribution in [0.3, 0.4) is 0 Å². The number of Topliss-reactive ketones (excluding diaryl/α,β-unsaturated/α-hetero) is 1. The lowest BCUT2D eigenvalue weighted by Gasteiger charge is -2.10. The minimum atomic E-state index is -1.11. The van der Waals surface area contributed by atoms with Crippen molar-refractivity contribution in [1.82, 2.24) is 0 Å². The molecule has 0 unspecified atom stereocenters. The number of ether oxygens (including phenoxy) is 4. The van der Waals surface area contributed by atoms with Gasteiger partial charge in [-0.1, -0.05) is 0 Å². The number of carbonyl (C=O) groups excluding carboxylic acids is 2. The molecule has 1 heterocycles. The second kappa shape index (κ2) is 5.13. The summed E-state index contributed by atoms with van der Waals surface area (Å²) in [6, 6.07) is 1.03. The van der Waals surface area contributed by atoms with Gasteiger partial charge in [0.2, 0.25) is 6.79 Å². The number of esters is 1. The molecule has 1 aliphatic rings. The van der Waals surface area contributed by atoms with Crippen molar-refractivity contribution < 1.29 is 32.9 Å². The van der Waals surface area contributed by atoms with Crippen LogP contribution >= 0.6 is 0 Å². The quantitative estimate of drug-likeness (QED) is 0.466. The summed E-state index contributed by atoms with van der Waals surface area (Å²) in [7, 11) is 1.18. The maximum Gasteiger partial charge on any atom is 0.379 e. The summed E-state index contributed by atoms with van der Waals surface area (Å²) >= 11 is 0. The van der Waals surface area contributed by atoms with E-state index < -0.39 is 17.6 Å². The number of halogens is 1. The highest BCUT2D eigenvalue weighted by atomic mass is 19.1. The maximum atomic E-state index is 13.8. The van der Waals surface area contributed by atoms with Gasteiger partial charge < -0.3 is 18.9 Å². The molecule has 2 rings (SSSR count). The molecule has 0 fully saturated rings. The van der Waals surface area contributed by atoms with Crippen molar-refractivity contribution >= 4 is 11.8 Å². The molecular weight excluding hydrogens is 259 g/mol. The number of methoxy groups -OCH3 is 1. The van der Waals surface area contributed by atoms with Crippen LogP contribution in [0.2, 0.25) is 0 Å². The Morgan fingerprint density at radius 2 is 2.16 bits per heavy atom. The highest BCUT2D eigenvalue weighted by molar-refractivity contribution is 6.42. The van der Waals surface area contributed by atoms with Crippen molar-refractivity contribution in [3.63, 3.8) is 0 Å². The maximum absolute atomic E-state index is 13.8. The van der Waals surface area contributed by atoms with Crippen LogP contribution in [0.25, 0.3) is 0 Å². The fraction of sp³-hybridized carbons (Fsp3) is 0.333. The van der Waals surface area contributed by atoms with Gasteiger partial charge in [-0.2, -0.15) is 0 Å². The third-order valence-corrected chi connectivity index (χ3v) is 2.46. The summed E-state index contributed by atoms with van der Waals surface area (Å²) < 4.78 is 33.2. The van der Waals surface area contributed by atoms with Crippen LogP contribution in [0.15, 0.2) is 6.07 Å². The number of hydrogen-bond donors (Lipinski definition) is 0. The predicted molar refractivity (Wildman–Crippen MR) is 60.0 cm³/mol. The highest BCUT2D eigenvalue weighted by Crippen LogP contribution is 2.42. The van der Waals surface area contributed by atoms with Gasteiger partial charge in [-0.05, 0) is 6.92 Å². The van der Waals surface area contributed by atoms with Crippen LogP contribution < -0.4 is 14.2 Å². The zero-order chi connectivity index (χ0) is 14.0. The van der Waals surface area contributed by atoms with Gasteiger partial charge >= 0.3 is 5.97 Å². The molecule has 0 atom stereocenters. The van der Waals surface area contributed by atoms with Crippen molar-refractivity contribution in [2.24, 2.45) is 0 Å². The van der Waals surface area contributed by atoms with Gasteiger partial charge in [0.15, 0.2) is 23.1 Å². The molecule has 0 saturated carbocycles. The van der Waals surface area contributed by atoms with E-state index in [1.165, 1.54) is 7.11 Å². The molecule has 0 aromatic heterocycles. The number of hydrogen-bond acceptors (Lipinski definition) is 6. The molecule has 7 heteroatoms. The van der Waals surface area contributed by atoms with Gasteiger partial charge in [-0.15, -0.1) is 0 Å². The van der Waals surface area contributed by atoms with E-state index in [-0.39, 0.29) is 36.2 Å². The lowest BCUT2D eigenvalue weighted by molar-refractivity contribution is -0.137. The van der Waals surface area contributed by atoms with Crippen LogP contribution in [0.5, 0.6) is 17.2 Å². The molecule has 0 aliphatic carbocycles. The molecule has 1 aliphatic heterocycles. The Hall–Kier alpha value is -2.31. The zero-order valence-electron chi connectivity index (χ0n) is 10.3. The topological polar surface area (TPSA) is 71.1 Å². The predicted octanol–water partition coefficient (Wildman–Crippen LogP) is 1.31. The second-order valence-corrected chi connectivity index (χ2v) is 3.55. The number of fused-ring (bicyclic) bond motifs is 1. The summed E-state index contributed by atoms with van der Waals surface area (Å²) in [6.45, 7) is 1.42. The molecule has 102 valence electrons. The van der Waals surface area contributed by atoms with Gasteiger partial charge in [0.05, 0.1) is 13.7 Å². The van der Waals surface area contributed by atoms with Crippen LogP contribution in [0.1, 0.15) is 17.3 Å². The summed E-state index contributed by atoms with van der Waals surface area (Å²) in [5, 5.41) is 0. The van der Waals surface area contributed by atoms with E-state index in [9.17, 15) is 14.0 Å². The third kappa shape index (κ3) is 2.18. The Morgan fingerprint density at radius 3 is 2.79 bits per heavy atom. The van der Waals surface area contributed by atoms with E-state index in [4.69, 9.17) is 14.2 Å². The van der Waals surface area contributed by atoms with Gasteiger partial charge in [-0.3, -0.25) is 4.79 Å². The third-order valence-electron chi connectivity index (χ3n) is 2.46. The standard InChI is InChI=1S/C12H11FO6/c1-3-17-12(15)9(14)8-10(16-2)6(13)4-7-11(8)19-5-18-7/h4H,3,5H2,1-2H3. The molecule has 1 aromatic rings. The monoisotopic (exact) mass is 270 g/mol. The number of carbonyl (C=O) groups is 2. The van der Waals surface area contributed by atoms with Crippen molar-refractivity contribution in [3.8, 4) is 17.2 Å². The van der Waals surface area contributed by atoms with Gasteiger partial charge in [0, 0.05) is 6.07 Å². The van der Waals surface area contributed by atoms with Crippen LogP contribution in [0.4, 0.5) is 4.39 Å². The Balaban J connectivity index is 2.54. The second-order valence-electron chi connectivity index (χ2n) is 3.55. The first-order chi connectivity index (χ1) is 9.10. The molecule has 0 saturated heterocycles. The summed E-state index contributed by atoms with van der Waals surface area (Å²) in [5.41, 5.74) is -0.326. The molecule has 0 spiro atoms. The minimum absolute atomic E-state index is 0.0173. The summed E-state index contributed by atoms with van der Waals surface area (Å²) in [5.74, 6) is -3.31. The Bertz CT molecular complexity index is 536. The zero-order valence-corrected chi connectivity index (χ0v) is 10.3. The van der Waals surface area contributed by atoms with Crippen LogP contribution in [-0.2, 0) is 9.53 Å². The number of ketones is 1. The van der Waals surface area contributed by atoms with Gasteiger partial charge in [0.1, 0.15) is 5.56 Å². The van der Waals surface area contributed by atoms with E-state index in [0.717, 1.165) is 6.07 Å². The Labute approximate surface area is 108 Å². The largest absolute Gasteiger partial charge is 0.493 e. The lowest BCUT2D eigenvalue weighted by Crippen LogP contribution is -2.19. The van der Waals surface area contributed by atoms with E-state index in [1.807, 2.05) is 0 Å². The Morgan fingerprint density at radius 1 is 1.42 bits per heavy atom. The average Bonchev–Trinajstić information content (AvgIpc) is 2.84. The van der Waals surface area contributed by atoms with Crippen molar-refractivity contribution in [1.29, 1.82) is 0 Å². The first-order valence-electron chi connectivity index (χ1n) is 5.47. The molecule has 6 nitrogen and oxygen atoms in total. The molecule has 1 aromatic carbocycles. The Kier molecular flexibility index (Phi) is 3.55. The fourth-order valence-corrected chi connectivity index (χ4v) is 1.70.